The molecule has 0 N–H and O–H groups in total. The highest BCUT2D eigenvalue weighted by molar-refractivity contribution is 5.92. The van der Waals surface area contributed by atoms with Gasteiger partial charge in [0, 0.05) is 25.7 Å². The summed E-state index contributed by atoms with van der Waals surface area (Å²) in [6, 6.07) is 28.1. The van der Waals surface area contributed by atoms with E-state index in [4.69, 9.17) is 47.4 Å². The monoisotopic (exact) mass is 1220 g/mol. The number of ether oxygens (including phenoxy) is 10. The molecule has 0 heterocycles. The first-order valence-corrected chi connectivity index (χ1v) is 31.8. The standard InChI is InChI=1S/C70H94O18/c1-55-29-33-57(34-30-55)69(77)87-61-41-43-62(44-42-61)88-70(78)58-35-39-60(40-36-58)80-47-17-5-3-4-6-19-50-85-67(75)45-46-68(76)86-54-24-12-16-28-66(74)84-53-23-11-15-27-65(73)83-52-22-10-14-26-64(72)82-51-21-9-13-25-63(71)81-49-20-8-7-18-48-79-59-37-31-56(2)32-38-59/h29-44H,3-28,45-54H2,1-2H3. The summed E-state index contributed by atoms with van der Waals surface area (Å²) in [6.07, 6.45) is 18.5. The van der Waals surface area contributed by atoms with Crippen molar-refractivity contribution in [2.45, 2.75) is 194 Å². The van der Waals surface area contributed by atoms with Crippen LogP contribution in [0.25, 0.3) is 0 Å². The molecule has 482 valence electrons. The van der Waals surface area contributed by atoms with Crippen molar-refractivity contribution < 1.29 is 85.7 Å². The van der Waals surface area contributed by atoms with E-state index in [0.717, 1.165) is 94.8 Å². The molecule has 88 heavy (non-hydrogen) atoms. The van der Waals surface area contributed by atoms with Gasteiger partial charge in [-0.1, -0.05) is 61.1 Å². The molecule has 0 aromatic heterocycles. The molecule has 0 amide bonds. The zero-order valence-electron chi connectivity index (χ0n) is 52.0. The minimum absolute atomic E-state index is 0.0435. The van der Waals surface area contributed by atoms with Crippen molar-refractivity contribution in [3.05, 3.63) is 119 Å². The summed E-state index contributed by atoms with van der Waals surface area (Å²) in [5.74, 6) is -0.734. The lowest BCUT2D eigenvalue weighted by molar-refractivity contribution is -0.150. The van der Waals surface area contributed by atoms with Crippen molar-refractivity contribution in [1.82, 2.24) is 0 Å². The van der Waals surface area contributed by atoms with Crippen molar-refractivity contribution in [3.63, 3.8) is 0 Å². The van der Waals surface area contributed by atoms with Gasteiger partial charge in [-0.2, -0.15) is 0 Å². The topological polar surface area (TPSA) is 229 Å². The second-order valence-electron chi connectivity index (χ2n) is 21.8. The summed E-state index contributed by atoms with van der Waals surface area (Å²) in [6.45, 7) is 7.04. The lowest BCUT2D eigenvalue weighted by Crippen LogP contribution is -2.11. The molecule has 0 aliphatic heterocycles. The summed E-state index contributed by atoms with van der Waals surface area (Å²) in [5.41, 5.74) is 3.05. The highest BCUT2D eigenvalue weighted by atomic mass is 16.6. The average Bonchev–Trinajstić information content (AvgIpc) is 3.60. The van der Waals surface area contributed by atoms with Crippen LogP contribution >= 0.6 is 0 Å². The van der Waals surface area contributed by atoms with Crippen LogP contribution in [0, 0.1) is 13.8 Å². The Kier molecular flexibility index (Phi) is 38.3. The number of aryl methyl sites for hydroxylation is 2. The molecular weight excluding hydrogens is 1130 g/mol. The Hall–Kier alpha value is -7.76. The fourth-order valence-electron chi connectivity index (χ4n) is 8.71. The zero-order valence-corrected chi connectivity index (χ0v) is 52.0. The summed E-state index contributed by atoms with van der Waals surface area (Å²) in [4.78, 5) is 97.5. The molecule has 0 spiro atoms. The molecule has 0 aliphatic carbocycles. The van der Waals surface area contributed by atoms with Gasteiger partial charge in [-0.25, -0.2) is 9.59 Å². The highest BCUT2D eigenvalue weighted by Gasteiger charge is 2.14. The van der Waals surface area contributed by atoms with Crippen LogP contribution < -0.4 is 18.9 Å². The Morgan fingerprint density at radius 2 is 0.455 bits per heavy atom. The van der Waals surface area contributed by atoms with E-state index in [9.17, 15) is 38.4 Å². The van der Waals surface area contributed by atoms with Gasteiger partial charge in [0.05, 0.1) is 76.8 Å². The van der Waals surface area contributed by atoms with E-state index in [1.54, 1.807) is 60.7 Å². The normalized spacial score (nSPS) is 10.8. The van der Waals surface area contributed by atoms with E-state index in [2.05, 4.69) is 0 Å². The molecule has 0 atom stereocenters. The van der Waals surface area contributed by atoms with Crippen LogP contribution in [-0.4, -0.2) is 101 Å². The average molecular weight is 1220 g/mol. The number of carbonyl (C=O) groups excluding carboxylic acids is 8. The quantitative estimate of drug-likeness (QED) is 0.0173. The predicted molar refractivity (Wildman–Crippen MR) is 331 cm³/mol. The van der Waals surface area contributed by atoms with Gasteiger partial charge in [0.15, 0.2) is 0 Å². The van der Waals surface area contributed by atoms with Gasteiger partial charge in [0.1, 0.15) is 23.0 Å². The van der Waals surface area contributed by atoms with Gasteiger partial charge in [-0.15, -0.1) is 0 Å². The molecule has 18 nitrogen and oxygen atoms in total. The van der Waals surface area contributed by atoms with Gasteiger partial charge in [0.25, 0.3) is 0 Å². The van der Waals surface area contributed by atoms with Gasteiger partial charge >= 0.3 is 47.8 Å². The van der Waals surface area contributed by atoms with E-state index in [0.29, 0.717) is 139 Å². The van der Waals surface area contributed by atoms with Crippen LogP contribution in [0.2, 0.25) is 0 Å². The summed E-state index contributed by atoms with van der Waals surface area (Å²) in [5, 5.41) is 0. The molecule has 0 saturated carbocycles. The Morgan fingerprint density at radius 3 is 0.761 bits per heavy atom. The van der Waals surface area contributed by atoms with Crippen LogP contribution in [0.1, 0.15) is 212 Å². The van der Waals surface area contributed by atoms with E-state index < -0.39 is 23.9 Å². The van der Waals surface area contributed by atoms with Gasteiger partial charge in [0.2, 0.25) is 0 Å². The number of benzene rings is 4. The molecular formula is C70H94O18. The van der Waals surface area contributed by atoms with Crippen LogP contribution in [0.4, 0.5) is 0 Å². The number of hydrogen-bond donors (Lipinski definition) is 0. The summed E-state index contributed by atoms with van der Waals surface area (Å²) >= 11 is 0. The van der Waals surface area contributed by atoms with Crippen molar-refractivity contribution >= 4 is 47.8 Å². The summed E-state index contributed by atoms with van der Waals surface area (Å²) < 4.78 is 54.2. The van der Waals surface area contributed by atoms with Crippen LogP contribution in [0.15, 0.2) is 97.1 Å². The molecule has 4 aromatic carbocycles. The number of esters is 8. The number of carbonyl (C=O) groups is 8. The predicted octanol–water partition coefficient (Wildman–Crippen LogP) is 14.4. The molecule has 0 radical (unpaired) electrons. The van der Waals surface area contributed by atoms with Gasteiger partial charge < -0.3 is 47.4 Å². The third kappa shape index (κ3) is 36.4. The maximum Gasteiger partial charge on any atom is 0.343 e. The lowest BCUT2D eigenvalue weighted by atomic mass is 10.1. The first-order valence-electron chi connectivity index (χ1n) is 31.8. The third-order valence-electron chi connectivity index (χ3n) is 14.0. The third-order valence-corrected chi connectivity index (χ3v) is 14.0. The zero-order chi connectivity index (χ0) is 63.1. The second-order valence-corrected chi connectivity index (χ2v) is 21.8. The van der Waals surface area contributed by atoms with Crippen LogP contribution in [0.3, 0.4) is 0 Å². The number of hydrogen-bond acceptors (Lipinski definition) is 18. The highest BCUT2D eigenvalue weighted by Crippen LogP contribution is 2.22. The maximum absolute atomic E-state index is 12.7. The smallest absolute Gasteiger partial charge is 0.343 e. The Morgan fingerprint density at radius 1 is 0.239 bits per heavy atom. The molecule has 0 saturated heterocycles. The lowest BCUT2D eigenvalue weighted by Gasteiger charge is -2.09. The van der Waals surface area contributed by atoms with Crippen molar-refractivity contribution in [2.24, 2.45) is 0 Å². The second kappa shape index (κ2) is 46.4. The van der Waals surface area contributed by atoms with Gasteiger partial charge in [-0.3, -0.25) is 28.8 Å². The Labute approximate surface area is 520 Å². The first-order chi connectivity index (χ1) is 42.8. The van der Waals surface area contributed by atoms with Crippen LogP contribution in [-0.2, 0) is 57.2 Å². The van der Waals surface area contributed by atoms with E-state index in [1.807, 2.05) is 50.2 Å². The molecule has 0 aliphatic rings. The molecule has 0 fully saturated rings. The largest absolute Gasteiger partial charge is 0.494 e. The maximum atomic E-state index is 12.7. The van der Waals surface area contributed by atoms with E-state index in [-0.39, 0.29) is 62.8 Å². The Bertz CT molecular complexity index is 2610. The van der Waals surface area contributed by atoms with Crippen molar-refractivity contribution in [1.29, 1.82) is 0 Å². The fraction of sp³-hybridized carbons (Fsp3) is 0.543. The molecule has 4 aromatic rings. The van der Waals surface area contributed by atoms with E-state index in [1.165, 1.54) is 5.56 Å². The Balaban J connectivity index is 0.817. The molecule has 0 bridgehead atoms. The van der Waals surface area contributed by atoms with E-state index >= 15 is 0 Å². The minimum Gasteiger partial charge on any atom is -0.494 e. The first kappa shape index (κ1) is 72.7. The number of unbranched alkanes of at least 4 members (excludes halogenated alkanes) is 16. The van der Waals surface area contributed by atoms with Crippen molar-refractivity contribution in [3.8, 4) is 23.0 Å². The molecule has 0 unspecified atom stereocenters. The molecule has 18 heteroatoms. The van der Waals surface area contributed by atoms with Crippen LogP contribution in [0.5, 0.6) is 23.0 Å². The van der Waals surface area contributed by atoms with Crippen molar-refractivity contribution in [2.75, 3.05) is 52.9 Å². The summed E-state index contributed by atoms with van der Waals surface area (Å²) in [7, 11) is 0. The van der Waals surface area contributed by atoms with Gasteiger partial charge in [-0.05, 0) is 202 Å². The minimum atomic E-state index is -0.527. The fourth-order valence-corrected chi connectivity index (χ4v) is 8.71. The SMILES string of the molecule is Cc1ccc(OCCCCCCOC(=O)CCCCCOC(=O)CCCCCOC(=O)CCCCCOC(=O)CCCCCOC(=O)CCC(=O)OCCCCCCCCOc2ccc(C(=O)Oc3ccc(OC(=O)c4ccc(C)cc4)cc3)cc2)cc1. The molecule has 4 rings (SSSR count). The number of rotatable bonds is 49.